The Balaban J connectivity index is 1.82. The monoisotopic (exact) mass is 210 g/mol. The molecule has 0 unspecified atom stereocenters. The average molecular weight is 211 g/mol. The van der Waals surface area contributed by atoms with Gasteiger partial charge in [-0.1, -0.05) is 30.5 Å². The van der Waals surface area contributed by atoms with E-state index in [4.69, 9.17) is 11.6 Å². The fraction of sp³-hybridized carbons (Fsp3) is 0.545. The normalized spacial score (nSPS) is 17.5. The van der Waals surface area contributed by atoms with Crippen LogP contribution in [0.25, 0.3) is 0 Å². The number of hydrogen-bond acceptors (Lipinski definition) is 2. The molecule has 0 aromatic carbocycles. The first-order chi connectivity index (χ1) is 6.84. The summed E-state index contributed by atoms with van der Waals surface area (Å²) >= 11 is 5.71. The van der Waals surface area contributed by atoms with Gasteiger partial charge in [0.05, 0.1) is 0 Å². The molecule has 0 saturated heterocycles. The van der Waals surface area contributed by atoms with Gasteiger partial charge in [-0.15, -0.1) is 0 Å². The summed E-state index contributed by atoms with van der Waals surface area (Å²) in [6.45, 7) is 0.912. The summed E-state index contributed by atoms with van der Waals surface area (Å²) in [6, 6.07) is 4.58. The highest BCUT2D eigenvalue weighted by molar-refractivity contribution is 6.29. The number of pyridine rings is 1. The predicted molar refractivity (Wildman–Crippen MR) is 58.3 cm³/mol. The lowest BCUT2D eigenvalue weighted by molar-refractivity contribution is 0.523. The highest BCUT2D eigenvalue weighted by Gasteiger charge is 2.13. The van der Waals surface area contributed by atoms with E-state index in [1.54, 1.807) is 0 Å². The van der Waals surface area contributed by atoms with Crippen LogP contribution in [0.3, 0.4) is 0 Å². The Morgan fingerprint density at radius 1 is 1.36 bits per heavy atom. The Morgan fingerprint density at radius 2 is 2.14 bits per heavy atom. The van der Waals surface area contributed by atoms with Crippen molar-refractivity contribution >= 4 is 11.6 Å². The Labute approximate surface area is 89.7 Å². The van der Waals surface area contributed by atoms with Crippen LogP contribution >= 0.6 is 11.6 Å². The topological polar surface area (TPSA) is 24.9 Å². The third-order valence-electron chi connectivity index (χ3n) is 2.74. The number of nitrogens with zero attached hydrogens (tertiary/aromatic N) is 1. The van der Waals surface area contributed by atoms with E-state index >= 15 is 0 Å². The standard InChI is InChI=1S/C11H15ClN2/c12-11-6-5-9(8-14-11)7-13-10-3-1-2-4-10/h5-6,8,10,13H,1-4,7H2. The van der Waals surface area contributed by atoms with E-state index in [0.717, 1.165) is 6.54 Å². The zero-order valence-electron chi connectivity index (χ0n) is 8.17. The number of rotatable bonds is 3. The minimum absolute atomic E-state index is 0.564. The van der Waals surface area contributed by atoms with Gasteiger partial charge in [0.2, 0.25) is 0 Å². The van der Waals surface area contributed by atoms with Gasteiger partial charge in [-0.25, -0.2) is 4.98 Å². The van der Waals surface area contributed by atoms with Gasteiger partial charge in [0.25, 0.3) is 0 Å². The third-order valence-corrected chi connectivity index (χ3v) is 2.96. The van der Waals surface area contributed by atoms with Crippen molar-refractivity contribution in [3.8, 4) is 0 Å². The zero-order valence-corrected chi connectivity index (χ0v) is 8.93. The van der Waals surface area contributed by atoms with Crippen molar-refractivity contribution in [2.24, 2.45) is 0 Å². The van der Waals surface area contributed by atoms with Crippen LogP contribution in [0.2, 0.25) is 5.15 Å². The SMILES string of the molecule is Clc1ccc(CNC2CCCC2)cn1. The summed E-state index contributed by atoms with van der Waals surface area (Å²) in [4.78, 5) is 4.05. The molecule has 1 aliphatic rings. The van der Waals surface area contributed by atoms with Crippen molar-refractivity contribution in [1.82, 2.24) is 10.3 Å². The summed E-state index contributed by atoms with van der Waals surface area (Å²) in [5, 5.41) is 4.10. The molecule has 1 heterocycles. The fourth-order valence-electron chi connectivity index (χ4n) is 1.90. The second kappa shape index (κ2) is 4.76. The lowest BCUT2D eigenvalue weighted by Gasteiger charge is -2.11. The largest absolute Gasteiger partial charge is 0.310 e. The maximum atomic E-state index is 5.71. The Kier molecular flexibility index (Phi) is 3.38. The van der Waals surface area contributed by atoms with E-state index in [0.29, 0.717) is 11.2 Å². The van der Waals surface area contributed by atoms with Crippen LogP contribution in [0.5, 0.6) is 0 Å². The van der Waals surface area contributed by atoms with Crippen molar-refractivity contribution in [2.75, 3.05) is 0 Å². The van der Waals surface area contributed by atoms with Crippen LogP contribution in [-0.2, 0) is 6.54 Å². The van der Waals surface area contributed by atoms with Gasteiger partial charge in [-0.3, -0.25) is 0 Å². The molecule has 2 nitrogen and oxygen atoms in total. The first kappa shape index (κ1) is 9.94. The second-order valence-electron chi connectivity index (χ2n) is 3.85. The van der Waals surface area contributed by atoms with Crippen molar-refractivity contribution < 1.29 is 0 Å². The molecule has 1 aromatic heterocycles. The first-order valence-electron chi connectivity index (χ1n) is 5.18. The molecule has 3 heteroatoms. The Bertz CT molecular complexity index is 278. The lowest BCUT2D eigenvalue weighted by atomic mass is 10.2. The molecule has 1 aliphatic carbocycles. The predicted octanol–water partition coefficient (Wildman–Crippen LogP) is 2.77. The summed E-state index contributed by atoms with van der Waals surface area (Å²) in [6.07, 6.45) is 7.22. The van der Waals surface area contributed by atoms with E-state index in [2.05, 4.69) is 10.3 Å². The number of aromatic nitrogens is 1. The second-order valence-corrected chi connectivity index (χ2v) is 4.24. The van der Waals surface area contributed by atoms with E-state index in [-0.39, 0.29) is 0 Å². The van der Waals surface area contributed by atoms with Crippen LogP contribution in [0.1, 0.15) is 31.2 Å². The van der Waals surface area contributed by atoms with Gasteiger partial charge in [0, 0.05) is 18.8 Å². The molecule has 0 aliphatic heterocycles. The smallest absolute Gasteiger partial charge is 0.129 e. The van der Waals surface area contributed by atoms with Crippen LogP contribution in [0.4, 0.5) is 0 Å². The van der Waals surface area contributed by atoms with Gasteiger partial charge < -0.3 is 5.32 Å². The highest BCUT2D eigenvalue weighted by atomic mass is 35.5. The van der Waals surface area contributed by atoms with Gasteiger partial charge in [0.1, 0.15) is 5.15 Å². The molecule has 1 saturated carbocycles. The highest BCUT2D eigenvalue weighted by Crippen LogP contribution is 2.18. The molecule has 0 radical (unpaired) electrons. The van der Waals surface area contributed by atoms with Crippen LogP contribution in [0.15, 0.2) is 18.3 Å². The lowest BCUT2D eigenvalue weighted by Crippen LogP contribution is -2.25. The Morgan fingerprint density at radius 3 is 2.79 bits per heavy atom. The van der Waals surface area contributed by atoms with Crippen LogP contribution in [-0.4, -0.2) is 11.0 Å². The van der Waals surface area contributed by atoms with Crippen molar-refractivity contribution in [3.05, 3.63) is 29.0 Å². The third kappa shape index (κ3) is 2.69. The van der Waals surface area contributed by atoms with E-state index in [9.17, 15) is 0 Å². The summed E-state index contributed by atoms with van der Waals surface area (Å²) in [5.41, 5.74) is 1.21. The zero-order chi connectivity index (χ0) is 9.80. The first-order valence-corrected chi connectivity index (χ1v) is 5.56. The fourth-order valence-corrected chi connectivity index (χ4v) is 2.01. The molecule has 14 heavy (non-hydrogen) atoms. The summed E-state index contributed by atoms with van der Waals surface area (Å²) < 4.78 is 0. The molecular formula is C11H15ClN2. The van der Waals surface area contributed by atoms with Crippen LogP contribution < -0.4 is 5.32 Å². The molecule has 1 N–H and O–H groups in total. The maximum Gasteiger partial charge on any atom is 0.129 e. The molecule has 0 amide bonds. The minimum atomic E-state index is 0.564. The van der Waals surface area contributed by atoms with E-state index in [1.165, 1.54) is 31.2 Å². The van der Waals surface area contributed by atoms with Crippen molar-refractivity contribution in [2.45, 2.75) is 38.3 Å². The van der Waals surface area contributed by atoms with E-state index < -0.39 is 0 Å². The van der Waals surface area contributed by atoms with Crippen molar-refractivity contribution in [3.63, 3.8) is 0 Å². The molecule has 1 aromatic rings. The minimum Gasteiger partial charge on any atom is -0.310 e. The molecule has 1 fully saturated rings. The van der Waals surface area contributed by atoms with Gasteiger partial charge >= 0.3 is 0 Å². The van der Waals surface area contributed by atoms with Crippen LogP contribution in [0, 0.1) is 0 Å². The average Bonchev–Trinajstić information content (AvgIpc) is 2.70. The van der Waals surface area contributed by atoms with E-state index in [1.807, 2.05) is 18.3 Å². The number of hydrogen-bond donors (Lipinski definition) is 1. The molecule has 0 spiro atoms. The van der Waals surface area contributed by atoms with Gasteiger partial charge in [-0.05, 0) is 24.5 Å². The summed E-state index contributed by atoms with van der Waals surface area (Å²) in [7, 11) is 0. The molecule has 2 rings (SSSR count). The van der Waals surface area contributed by atoms with Crippen molar-refractivity contribution in [1.29, 1.82) is 0 Å². The number of halogens is 1. The number of nitrogens with one attached hydrogen (secondary N) is 1. The van der Waals surface area contributed by atoms with Gasteiger partial charge in [-0.2, -0.15) is 0 Å². The summed E-state index contributed by atoms with van der Waals surface area (Å²) in [5.74, 6) is 0. The molecule has 0 bridgehead atoms. The molecule has 0 atom stereocenters. The Hall–Kier alpha value is -0.600. The quantitative estimate of drug-likeness (QED) is 0.777. The van der Waals surface area contributed by atoms with Gasteiger partial charge in [0.15, 0.2) is 0 Å². The maximum absolute atomic E-state index is 5.71. The molecule has 76 valence electrons. The molecular weight excluding hydrogens is 196 g/mol.